The number of hydrogen-bond acceptors (Lipinski definition) is 4. The fraction of sp³-hybridized carbons (Fsp3) is 0.389. The minimum Gasteiger partial charge on any atom is -0.353 e. The molecule has 0 aliphatic heterocycles. The summed E-state index contributed by atoms with van der Waals surface area (Å²) in [5.41, 5.74) is 2.22. The van der Waals surface area contributed by atoms with Crippen molar-refractivity contribution in [3.63, 3.8) is 0 Å². The van der Waals surface area contributed by atoms with E-state index in [0.717, 1.165) is 36.2 Å². The minimum atomic E-state index is -0.700. The molecule has 1 aromatic heterocycles. The highest BCUT2D eigenvalue weighted by Gasteiger charge is 2.22. The number of anilines is 1. The number of nitrogens with zero attached hydrogens (tertiary/aromatic N) is 3. The van der Waals surface area contributed by atoms with Crippen LogP contribution in [0.1, 0.15) is 23.2 Å². The Labute approximate surface area is 145 Å². The first-order chi connectivity index (χ1) is 11.9. The van der Waals surface area contributed by atoms with Crippen LogP contribution in [0.2, 0.25) is 0 Å². The SMILES string of the molecule is CN(C)c1ncc2c(n1)CC[C@H](NC(=O)Cc1ccc(F)cc1F)C2. The lowest BCUT2D eigenvalue weighted by Crippen LogP contribution is -2.40. The summed E-state index contributed by atoms with van der Waals surface area (Å²) in [6.07, 6.45) is 3.88. The van der Waals surface area contributed by atoms with E-state index >= 15 is 0 Å². The summed E-state index contributed by atoms with van der Waals surface area (Å²) in [4.78, 5) is 22.9. The molecule has 1 heterocycles. The van der Waals surface area contributed by atoms with Gasteiger partial charge >= 0.3 is 0 Å². The van der Waals surface area contributed by atoms with E-state index in [9.17, 15) is 13.6 Å². The van der Waals surface area contributed by atoms with E-state index in [0.29, 0.717) is 12.4 Å². The zero-order chi connectivity index (χ0) is 18.0. The maximum absolute atomic E-state index is 13.6. The van der Waals surface area contributed by atoms with E-state index in [4.69, 9.17) is 0 Å². The van der Waals surface area contributed by atoms with Gasteiger partial charge in [-0.1, -0.05) is 6.07 Å². The van der Waals surface area contributed by atoms with Crippen molar-refractivity contribution in [3.8, 4) is 0 Å². The van der Waals surface area contributed by atoms with Gasteiger partial charge < -0.3 is 10.2 Å². The van der Waals surface area contributed by atoms with Gasteiger partial charge in [-0.05, 0) is 36.5 Å². The standard InChI is InChI=1S/C18H20F2N4O/c1-24(2)18-21-10-12-7-14(5-6-16(12)23-18)22-17(25)8-11-3-4-13(19)9-15(11)20/h3-4,9-10,14H,5-8H2,1-2H3,(H,22,25)/t14-/m0/s1. The number of benzene rings is 1. The van der Waals surface area contributed by atoms with Crippen LogP contribution in [0.3, 0.4) is 0 Å². The highest BCUT2D eigenvalue weighted by Crippen LogP contribution is 2.21. The van der Waals surface area contributed by atoms with Crippen LogP contribution in [0.4, 0.5) is 14.7 Å². The number of aryl methyl sites for hydroxylation is 1. The first-order valence-corrected chi connectivity index (χ1v) is 8.18. The third-order valence-electron chi connectivity index (χ3n) is 4.27. The molecule has 0 saturated heterocycles. The monoisotopic (exact) mass is 346 g/mol. The molecule has 1 N–H and O–H groups in total. The summed E-state index contributed by atoms with van der Waals surface area (Å²) in [6.45, 7) is 0. The van der Waals surface area contributed by atoms with E-state index in [1.165, 1.54) is 6.07 Å². The Hall–Kier alpha value is -2.57. The Balaban J connectivity index is 1.61. The highest BCUT2D eigenvalue weighted by molar-refractivity contribution is 5.79. The predicted octanol–water partition coefficient (Wildman–Crippen LogP) is 2.04. The lowest BCUT2D eigenvalue weighted by Gasteiger charge is -2.25. The van der Waals surface area contributed by atoms with Crippen LogP contribution >= 0.6 is 0 Å². The third kappa shape index (κ3) is 4.10. The average molecular weight is 346 g/mol. The van der Waals surface area contributed by atoms with Crippen LogP contribution in [-0.2, 0) is 24.1 Å². The summed E-state index contributed by atoms with van der Waals surface area (Å²) >= 11 is 0. The molecule has 132 valence electrons. The second-order valence-corrected chi connectivity index (χ2v) is 6.46. The summed E-state index contributed by atoms with van der Waals surface area (Å²) in [5.74, 6) is -0.950. The van der Waals surface area contributed by atoms with Gasteiger partial charge in [0.15, 0.2) is 0 Å². The van der Waals surface area contributed by atoms with Gasteiger partial charge in [-0.15, -0.1) is 0 Å². The minimum absolute atomic E-state index is 0.0303. The number of hydrogen-bond donors (Lipinski definition) is 1. The lowest BCUT2D eigenvalue weighted by molar-refractivity contribution is -0.121. The number of carbonyl (C=O) groups excluding carboxylic acids is 1. The number of carbonyl (C=O) groups is 1. The van der Waals surface area contributed by atoms with Crippen molar-refractivity contribution in [3.05, 3.63) is 52.9 Å². The molecule has 1 amide bonds. The summed E-state index contributed by atoms with van der Waals surface area (Å²) in [6, 6.07) is 3.22. The number of nitrogens with one attached hydrogen (secondary N) is 1. The molecule has 0 bridgehead atoms. The molecule has 1 aliphatic rings. The van der Waals surface area contributed by atoms with Crippen LogP contribution in [0.15, 0.2) is 24.4 Å². The molecule has 2 aromatic rings. The first-order valence-electron chi connectivity index (χ1n) is 8.18. The van der Waals surface area contributed by atoms with Crippen molar-refractivity contribution in [2.45, 2.75) is 31.7 Å². The molecular formula is C18H20F2N4O. The molecule has 0 spiro atoms. The Morgan fingerprint density at radius 3 is 2.88 bits per heavy atom. The van der Waals surface area contributed by atoms with Crippen LogP contribution in [0, 0.1) is 11.6 Å². The van der Waals surface area contributed by atoms with Crippen molar-refractivity contribution in [2.75, 3.05) is 19.0 Å². The molecule has 5 nitrogen and oxygen atoms in total. The molecule has 0 fully saturated rings. The van der Waals surface area contributed by atoms with E-state index < -0.39 is 11.6 Å². The quantitative estimate of drug-likeness (QED) is 0.920. The van der Waals surface area contributed by atoms with Gasteiger partial charge in [-0.25, -0.2) is 18.7 Å². The number of aromatic nitrogens is 2. The fourth-order valence-corrected chi connectivity index (χ4v) is 2.95. The van der Waals surface area contributed by atoms with Gasteiger partial charge in [-0.2, -0.15) is 0 Å². The molecule has 25 heavy (non-hydrogen) atoms. The van der Waals surface area contributed by atoms with Crippen molar-refractivity contribution < 1.29 is 13.6 Å². The Morgan fingerprint density at radius 1 is 1.36 bits per heavy atom. The van der Waals surface area contributed by atoms with E-state index in [2.05, 4.69) is 15.3 Å². The Bertz CT molecular complexity index is 795. The highest BCUT2D eigenvalue weighted by atomic mass is 19.1. The van der Waals surface area contributed by atoms with Crippen molar-refractivity contribution in [2.24, 2.45) is 0 Å². The van der Waals surface area contributed by atoms with Gasteiger partial charge in [0.05, 0.1) is 6.42 Å². The summed E-state index contributed by atoms with van der Waals surface area (Å²) in [7, 11) is 3.78. The average Bonchev–Trinajstić information content (AvgIpc) is 2.57. The zero-order valence-corrected chi connectivity index (χ0v) is 14.2. The summed E-state index contributed by atoms with van der Waals surface area (Å²) in [5, 5.41) is 2.92. The van der Waals surface area contributed by atoms with Crippen LogP contribution in [-0.4, -0.2) is 36.0 Å². The van der Waals surface area contributed by atoms with Crippen molar-refractivity contribution >= 4 is 11.9 Å². The van der Waals surface area contributed by atoms with E-state index in [1.54, 1.807) is 6.20 Å². The molecule has 7 heteroatoms. The van der Waals surface area contributed by atoms with Crippen molar-refractivity contribution in [1.82, 2.24) is 15.3 Å². The fourth-order valence-electron chi connectivity index (χ4n) is 2.95. The molecular weight excluding hydrogens is 326 g/mol. The maximum Gasteiger partial charge on any atom is 0.224 e. The normalized spacial score (nSPS) is 16.2. The van der Waals surface area contributed by atoms with Gasteiger partial charge in [0.25, 0.3) is 0 Å². The zero-order valence-electron chi connectivity index (χ0n) is 14.2. The van der Waals surface area contributed by atoms with E-state index in [1.807, 2.05) is 19.0 Å². The number of fused-ring (bicyclic) bond motifs is 1. The molecule has 0 radical (unpaired) electrons. The third-order valence-corrected chi connectivity index (χ3v) is 4.27. The largest absolute Gasteiger partial charge is 0.353 e. The number of halogens is 2. The smallest absolute Gasteiger partial charge is 0.224 e. The van der Waals surface area contributed by atoms with Gasteiger partial charge in [0.2, 0.25) is 11.9 Å². The Kier molecular flexibility index (Phi) is 4.92. The molecule has 0 saturated carbocycles. The van der Waals surface area contributed by atoms with Gasteiger partial charge in [-0.3, -0.25) is 4.79 Å². The molecule has 1 aromatic carbocycles. The van der Waals surface area contributed by atoms with Gasteiger partial charge in [0, 0.05) is 38.1 Å². The van der Waals surface area contributed by atoms with Crippen LogP contribution in [0.5, 0.6) is 0 Å². The predicted molar refractivity (Wildman–Crippen MR) is 90.4 cm³/mol. The maximum atomic E-state index is 13.6. The number of rotatable bonds is 4. The summed E-state index contributed by atoms with van der Waals surface area (Å²) < 4.78 is 26.6. The molecule has 3 rings (SSSR count). The van der Waals surface area contributed by atoms with Crippen molar-refractivity contribution in [1.29, 1.82) is 0 Å². The van der Waals surface area contributed by atoms with Crippen LogP contribution in [0.25, 0.3) is 0 Å². The molecule has 1 aliphatic carbocycles. The van der Waals surface area contributed by atoms with Gasteiger partial charge in [0.1, 0.15) is 11.6 Å². The lowest BCUT2D eigenvalue weighted by atomic mass is 9.92. The second-order valence-electron chi connectivity index (χ2n) is 6.46. The molecule has 1 atom stereocenters. The second kappa shape index (κ2) is 7.13. The Morgan fingerprint density at radius 2 is 2.16 bits per heavy atom. The topological polar surface area (TPSA) is 58.1 Å². The number of amides is 1. The molecule has 0 unspecified atom stereocenters. The first kappa shape index (κ1) is 17.3. The van der Waals surface area contributed by atoms with E-state index in [-0.39, 0.29) is 23.9 Å². The van der Waals surface area contributed by atoms with Crippen LogP contribution < -0.4 is 10.2 Å².